The molecule has 1 N–H and O–H groups in total. The molecule has 0 bridgehead atoms. The van der Waals surface area contributed by atoms with Gasteiger partial charge in [-0.15, -0.1) is 0 Å². The van der Waals surface area contributed by atoms with Gasteiger partial charge in [-0.05, 0) is 0 Å². The van der Waals surface area contributed by atoms with E-state index < -0.39 is 35.2 Å². The second-order valence-corrected chi connectivity index (χ2v) is 5.59. The van der Waals surface area contributed by atoms with Gasteiger partial charge in [0.15, 0.2) is 0 Å². The minimum absolute atomic E-state index is 0. The zero-order chi connectivity index (χ0) is 12.7. The molecule has 97 valence electrons. The summed E-state index contributed by atoms with van der Waals surface area (Å²) in [6.45, 7) is 0. The molecule has 14 heteroatoms. The van der Waals surface area contributed by atoms with Gasteiger partial charge in [0, 0.05) is 0 Å². The summed E-state index contributed by atoms with van der Waals surface area (Å²) in [5.41, 5.74) is -12.3. The van der Waals surface area contributed by atoms with Crippen LogP contribution in [0.1, 0.15) is 0 Å². The monoisotopic (exact) mass is 337 g/mol. The van der Waals surface area contributed by atoms with E-state index >= 15 is 0 Å². The Kier molecular flexibility index (Phi) is 5.36. The van der Waals surface area contributed by atoms with Crippen LogP contribution in [0.25, 0.3) is 0 Å². The van der Waals surface area contributed by atoms with Gasteiger partial charge in [0.1, 0.15) is 0 Å². The molecule has 1 radical (unpaired) electrons. The number of halogens is 6. The van der Waals surface area contributed by atoms with Crippen molar-refractivity contribution in [3.8, 4) is 0 Å². The normalized spacial score (nSPS) is 14.4. The summed E-state index contributed by atoms with van der Waals surface area (Å²) >= 11 is 0. The van der Waals surface area contributed by atoms with E-state index in [0.29, 0.717) is 0 Å². The Bertz CT molecular complexity index is 390. The summed E-state index contributed by atoms with van der Waals surface area (Å²) in [6, 6.07) is 0. The van der Waals surface area contributed by atoms with E-state index in [9.17, 15) is 43.2 Å². The van der Waals surface area contributed by atoms with Gasteiger partial charge in [0.05, 0.1) is 0 Å². The van der Waals surface area contributed by atoms with Gasteiger partial charge >= 0.3 is 48.1 Å². The van der Waals surface area contributed by atoms with E-state index in [1.807, 2.05) is 0 Å². The molecule has 0 saturated carbocycles. The van der Waals surface area contributed by atoms with Crippen LogP contribution < -0.4 is 4.13 Å². The smallest absolute Gasteiger partial charge is 0.202 e. The molecule has 5 nitrogen and oxygen atoms in total. The zero-order valence-corrected chi connectivity index (χ0v) is 9.31. The average molecular weight is 337 g/mol. The summed E-state index contributed by atoms with van der Waals surface area (Å²) in [5.74, 6) is 0. The van der Waals surface area contributed by atoms with Crippen molar-refractivity contribution in [3.63, 3.8) is 0 Å². The third kappa shape index (κ3) is 4.08. The summed E-state index contributed by atoms with van der Waals surface area (Å²) < 4.78 is 108. The molecular formula is C2HF6FeNO4S2+3. The summed E-state index contributed by atoms with van der Waals surface area (Å²) in [6.07, 6.45) is 0. The molecule has 0 aromatic heterocycles. The molecule has 0 aliphatic carbocycles. The van der Waals surface area contributed by atoms with Gasteiger partial charge in [-0.25, -0.2) is 16.8 Å². The van der Waals surface area contributed by atoms with Gasteiger partial charge < -0.3 is 0 Å². The third-order valence-corrected chi connectivity index (χ3v) is 3.80. The van der Waals surface area contributed by atoms with Crippen molar-refractivity contribution in [1.29, 1.82) is 0 Å². The summed E-state index contributed by atoms with van der Waals surface area (Å²) in [5, 5.41) is 0. The number of hydrogen-bond acceptors (Lipinski definition) is 4. The first-order chi connectivity index (χ1) is 6.21. The van der Waals surface area contributed by atoms with E-state index in [-0.39, 0.29) is 17.1 Å². The van der Waals surface area contributed by atoms with Gasteiger partial charge in [-0.1, -0.05) is 4.13 Å². The number of sulfonamides is 2. The first kappa shape index (κ1) is 18.3. The molecule has 0 aromatic carbocycles. The predicted molar refractivity (Wildman–Crippen MR) is 33.1 cm³/mol. The fraction of sp³-hybridized carbons (Fsp3) is 1.00. The van der Waals surface area contributed by atoms with Crippen LogP contribution in [0, 0.1) is 0 Å². The van der Waals surface area contributed by atoms with Crippen LogP contribution in [0.4, 0.5) is 26.3 Å². The second kappa shape index (κ2) is 4.68. The zero-order valence-electron chi connectivity index (χ0n) is 6.57. The SMILES string of the molecule is O=S(=O)(NS(=O)(=O)C(F)(F)F)C(F)(F)F.[Fe+3]. The van der Waals surface area contributed by atoms with E-state index in [2.05, 4.69) is 0 Å². The molecule has 0 saturated heterocycles. The summed E-state index contributed by atoms with van der Waals surface area (Å²) in [4.78, 5) is 0. The standard InChI is InChI=1S/C2HF6NO4S2.Fe/c3-1(4,5)14(10,11)9-15(12,13)2(6,7)8;/h9H;/q;+3. The van der Waals surface area contributed by atoms with E-state index in [4.69, 9.17) is 0 Å². The fourth-order valence-electron chi connectivity index (χ4n) is 0.239. The van der Waals surface area contributed by atoms with Gasteiger partial charge in [0.2, 0.25) is 0 Å². The number of nitrogens with one attached hydrogen (secondary N) is 1. The van der Waals surface area contributed by atoms with Crippen LogP contribution in [0.15, 0.2) is 0 Å². The molecule has 0 spiro atoms. The van der Waals surface area contributed by atoms with Crippen molar-refractivity contribution < 1.29 is 60.2 Å². The molecule has 0 fully saturated rings. The van der Waals surface area contributed by atoms with Crippen LogP contribution >= 0.6 is 0 Å². The largest absolute Gasteiger partial charge is 3.00 e. The Labute approximate surface area is 95.8 Å². The molecule has 0 atom stereocenters. The number of alkyl halides is 6. The number of rotatable bonds is 2. The van der Waals surface area contributed by atoms with Crippen LogP contribution in [-0.2, 0) is 37.1 Å². The Morgan fingerprint density at radius 3 is 1.00 bits per heavy atom. The van der Waals surface area contributed by atoms with Crippen LogP contribution in [0.5, 0.6) is 0 Å². The molecule has 0 rings (SSSR count). The molecular weight excluding hydrogens is 336 g/mol. The third-order valence-electron chi connectivity index (χ3n) is 0.829. The molecule has 0 amide bonds. The quantitative estimate of drug-likeness (QED) is 0.580. The van der Waals surface area contributed by atoms with Crippen molar-refractivity contribution in [3.05, 3.63) is 0 Å². The van der Waals surface area contributed by atoms with Crippen LogP contribution in [0.2, 0.25) is 0 Å². The van der Waals surface area contributed by atoms with Gasteiger partial charge in [0.25, 0.3) is 0 Å². The van der Waals surface area contributed by atoms with E-state index in [1.165, 1.54) is 0 Å². The Balaban J connectivity index is 0. The van der Waals surface area contributed by atoms with Crippen molar-refractivity contribution in [2.45, 2.75) is 11.0 Å². The maximum absolute atomic E-state index is 11.5. The number of hydrogen-bond donors (Lipinski definition) is 1. The minimum atomic E-state index is -6.60. The first-order valence-electron chi connectivity index (χ1n) is 2.62. The van der Waals surface area contributed by atoms with Crippen molar-refractivity contribution >= 4 is 20.0 Å². The molecule has 16 heavy (non-hydrogen) atoms. The Morgan fingerprint density at radius 2 is 0.875 bits per heavy atom. The van der Waals surface area contributed by atoms with E-state index in [1.54, 1.807) is 0 Å². The van der Waals surface area contributed by atoms with Gasteiger partial charge in [-0.3, -0.25) is 0 Å². The molecule has 0 aromatic rings. The van der Waals surface area contributed by atoms with Crippen molar-refractivity contribution in [2.24, 2.45) is 0 Å². The minimum Gasteiger partial charge on any atom is -0.202 e. The first-order valence-corrected chi connectivity index (χ1v) is 5.58. The van der Waals surface area contributed by atoms with Gasteiger partial charge in [-0.2, -0.15) is 26.3 Å². The van der Waals surface area contributed by atoms with Crippen molar-refractivity contribution in [1.82, 2.24) is 4.13 Å². The van der Waals surface area contributed by atoms with E-state index in [0.717, 1.165) is 0 Å². The molecule has 0 aliphatic rings. The Hall–Kier alpha value is -0.0405. The second-order valence-electron chi connectivity index (χ2n) is 1.98. The predicted octanol–water partition coefficient (Wildman–Crippen LogP) is 0.273. The fourth-order valence-corrected chi connectivity index (χ4v) is 2.15. The van der Waals surface area contributed by atoms with Crippen LogP contribution in [0.3, 0.4) is 0 Å². The molecule has 0 aliphatic heterocycles. The maximum Gasteiger partial charge on any atom is 3.00 e. The average Bonchev–Trinajstić information content (AvgIpc) is 1.77. The summed E-state index contributed by atoms with van der Waals surface area (Å²) in [7, 11) is -13.2. The van der Waals surface area contributed by atoms with Crippen molar-refractivity contribution in [2.75, 3.05) is 0 Å². The molecule has 0 heterocycles. The maximum atomic E-state index is 11.5. The topological polar surface area (TPSA) is 80.3 Å². The van der Waals surface area contributed by atoms with Crippen LogP contribution in [-0.4, -0.2) is 27.9 Å². The molecule has 0 unspecified atom stereocenters. The Morgan fingerprint density at radius 1 is 0.688 bits per heavy atom.